The SMILES string of the molecule is CCN(c1ccnc(OC)c1)C1CCCNC1. The van der Waals surface area contributed by atoms with Gasteiger partial charge in [-0.3, -0.25) is 0 Å². The molecule has 1 unspecified atom stereocenters. The normalized spacial score (nSPS) is 20.0. The molecule has 0 aliphatic carbocycles. The Morgan fingerprint density at radius 1 is 1.59 bits per heavy atom. The number of methoxy groups -OCH3 is 1. The minimum absolute atomic E-state index is 0.584. The van der Waals surface area contributed by atoms with Gasteiger partial charge in [-0.25, -0.2) is 4.98 Å². The van der Waals surface area contributed by atoms with Crippen LogP contribution in [-0.4, -0.2) is 37.8 Å². The Hall–Kier alpha value is -1.29. The third-order valence-corrected chi connectivity index (χ3v) is 3.31. The molecular weight excluding hydrogens is 214 g/mol. The molecule has 2 rings (SSSR count). The number of hydrogen-bond acceptors (Lipinski definition) is 4. The number of aromatic nitrogens is 1. The van der Waals surface area contributed by atoms with Gasteiger partial charge in [0.2, 0.25) is 5.88 Å². The van der Waals surface area contributed by atoms with Gasteiger partial charge in [0.1, 0.15) is 0 Å². The average Bonchev–Trinajstić information content (AvgIpc) is 2.41. The number of likely N-dealkylation sites (N-methyl/N-ethyl adjacent to an activating group) is 1. The fourth-order valence-electron chi connectivity index (χ4n) is 2.44. The minimum Gasteiger partial charge on any atom is -0.481 e. The number of piperidine rings is 1. The molecule has 1 atom stereocenters. The summed E-state index contributed by atoms with van der Waals surface area (Å²) in [4.78, 5) is 6.58. The Morgan fingerprint density at radius 2 is 2.47 bits per heavy atom. The third-order valence-electron chi connectivity index (χ3n) is 3.31. The number of nitrogens with zero attached hydrogens (tertiary/aromatic N) is 2. The molecule has 4 heteroatoms. The molecule has 0 amide bonds. The predicted octanol–water partition coefficient (Wildman–Crippen LogP) is 1.67. The summed E-state index contributed by atoms with van der Waals surface area (Å²) in [7, 11) is 1.66. The highest BCUT2D eigenvalue weighted by Gasteiger charge is 2.20. The van der Waals surface area contributed by atoms with E-state index in [1.165, 1.54) is 18.5 Å². The lowest BCUT2D eigenvalue weighted by molar-refractivity contribution is 0.396. The van der Waals surface area contributed by atoms with Crippen molar-refractivity contribution < 1.29 is 4.74 Å². The summed E-state index contributed by atoms with van der Waals surface area (Å²) in [6.45, 7) is 5.42. The monoisotopic (exact) mass is 235 g/mol. The maximum Gasteiger partial charge on any atom is 0.214 e. The first kappa shape index (κ1) is 12.2. The average molecular weight is 235 g/mol. The molecule has 1 fully saturated rings. The quantitative estimate of drug-likeness (QED) is 0.861. The summed E-state index contributed by atoms with van der Waals surface area (Å²) in [5.74, 6) is 0.685. The molecule has 1 aromatic rings. The van der Waals surface area contributed by atoms with Crippen LogP contribution in [0.15, 0.2) is 18.3 Å². The van der Waals surface area contributed by atoms with Crippen LogP contribution < -0.4 is 15.0 Å². The lowest BCUT2D eigenvalue weighted by Crippen LogP contribution is -2.46. The minimum atomic E-state index is 0.584. The van der Waals surface area contributed by atoms with Crippen LogP contribution in [0.25, 0.3) is 0 Å². The van der Waals surface area contributed by atoms with Gasteiger partial charge >= 0.3 is 0 Å². The Morgan fingerprint density at radius 3 is 3.12 bits per heavy atom. The zero-order chi connectivity index (χ0) is 12.1. The van der Waals surface area contributed by atoms with Crippen LogP contribution in [0.3, 0.4) is 0 Å². The van der Waals surface area contributed by atoms with Gasteiger partial charge in [-0.05, 0) is 32.4 Å². The van der Waals surface area contributed by atoms with E-state index in [0.717, 1.165) is 19.6 Å². The first-order valence-electron chi connectivity index (χ1n) is 6.32. The molecule has 1 saturated heterocycles. The summed E-state index contributed by atoms with van der Waals surface area (Å²) < 4.78 is 5.18. The second-order valence-corrected chi connectivity index (χ2v) is 4.34. The number of pyridine rings is 1. The van der Waals surface area contributed by atoms with E-state index in [9.17, 15) is 0 Å². The first-order chi connectivity index (χ1) is 8.35. The number of nitrogens with one attached hydrogen (secondary N) is 1. The summed E-state index contributed by atoms with van der Waals surface area (Å²) >= 11 is 0. The van der Waals surface area contributed by atoms with Crippen LogP contribution in [0.1, 0.15) is 19.8 Å². The topological polar surface area (TPSA) is 37.4 Å². The fraction of sp³-hybridized carbons (Fsp3) is 0.615. The lowest BCUT2D eigenvalue weighted by atomic mass is 10.1. The van der Waals surface area contributed by atoms with Crippen LogP contribution in [0.4, 0.5) is 5.69 Å². The molecule has 1 aliphatic heterocycles. The molecule has 0 saturated carbocycles. The number of ether oxygens (including phenoxy) is 1. The van der Waals surface area contributed by atoms with Crippen LogP contribution in [0.2, 0.25) is 0 Å². The standard InChI is InChI=1S/C13H21N3O/c1-3-16(12-5-4-7-14-10-12)11-6-8-15-13(9-11)17-2/h6,8-9,12,14H,3-5,7,10H2,1-2H3. The van der Waals surface area contributed by atoms with Crippen molar-refractivity contribution in [3.05, 3.63) is 18.3 Å². The molecule has 4 nitrogen and oxygen atoms in total. The van der Waals surface area contributed by atoms with E-state index in [1.807, 2.05) is 12.3 Å². The molecule has 2 heterocycles. The number of anilines is 1. The zero-order valence-corrected chi connectivity index (χ0v) is 10.6. The lowest BCUT2D eigenvalue weighted by Gasteiger charge is -2.35. The van der Waals surface area contributed by atoms with E-state index < -0.39 is 0 Å². The Labute approximate surface area is 103 Å². The Bertz CT molecular complexity index is 350. The van der Waals surface area contributed by atoms with Crippen molar-refractivity contribution in [1.82, 2.24) is 10.3 Å². The fourth-order valence-corrected chi connectivity index (χ4v) is 2.44. The molecular formula is C13H21N3O. The van der Waals surface area contributed by atoms with Crippen LogP contribution in [0, 0.1) is 0 Å². The summed E-state index contributed by atoms with van der Waals surface area (Å²) in [5, 5.41) is 3.46. The zero-order valence-electron chi connectivity index (χ0n) is 10.6. The van der Waals surface area contributed by atoms with Crippen molar-refractivity contribution in [3.8, 4) is 5.88 Å². The Balaban J connectivity index is 2.15. The van der Waals surface area contributed by atoms with Gasteiger partial charge in [0, 0.05) is 37.1 Å². The van der Waals surface area contributed by atoms with Gasteiger partial charge in [0.25, 0.3) is 0 Å². The molecule has 0 radical (unpaired) electrons. The van der Waals surface area contributed by atoms with E-state index in [0.29, 0.717) is 11.9 Å². The molecule has 0 aromatic carbocycles. The number of rotatable bonds is 4. The van der Waals surface area contributed by atoms with Crippen molar-refractivity contribution in [2.24, 2.45) is 0 Å². The largest absolute Gasteiger partial charge is 0.481 e. The smallest absolute Gasteiger partial charge is 0.214 e. The van der Waals surface area contributed by atoms with Gasteiger partial charge in [0.15, 0.2) is 0 Å². The second-order valence-electron chi connectivity index (χ2n) is 4.34. The van der Waals surface area contributed by atoms with E-state index in [1.54, 1.807) is 7.11 Å². The van der Waals surface area contributed by atoms with Gasteiger partial charge in [0.05, 0.1) is 7.11 Å². The predicted molar refractivity (Wildman–Crippen MR) is 69.7 cm³/mol. The second kappa shape index (κ2) is 5.87. The van der Waals surface area contributed by atoms with Gasteiger partial charge in [-0.1, -0.05) is 0 Å². The van der Waals surface area contributed by atoms with Gasteiger partial charge in [-0.2, -0.15) is 0 Å². The van der Waals surface area contributed by atoms with Crippen molar-refractivity contribution in [1.29, 1.82) is 0 Å². The number of hydrogen-bond donors (Lipinski definition) is 1. The summed E-state index contributed by atoms with van der Waals surface area (Å²) in [5.41, 5.74) is 1.20. The van der Waals surface area contributed by atoms with Gasteiger partial charge in [-0.15, -0.1) is 0 Å². The summed E-state index contributed by atoms with van der Waals surface area (Å²) in [6, 6.07) is 4.65. The molecule has 17 heavy (non-hydrogen) atoms. The Kier molecular flexibility index (Phi) is 4.20. The van der Waals surface area contributed by atoms with Crippen molar-refractivity contribution in [2.45, 2.75) is 25.8 Å². The molecule has 1 N–H and O–H groups in total. The van der Waals surface area contributed by atoms with Crippen LogP contribution in [-0.2, 0) is 0 Å². The molecule has 1 aliphatic rings. The van der Waals surface area contributed by atoms with E-state index >= 15 is 0 Å². The molecule has 94 valence electrons. The first-order valence-corrected chi connectivity index (χ1v) is 6.32. The van der Waals surface area contributed by atoms with E-state index in [4.69, 9.17) is 4.74 Å². The maximum atomic E-state index is 5.18. The van der Waals surface area contributed by atoms with Crippen molar-refractivity contribution >= 4 is 5.69 Å². The van der Waals surface area contributed by atoms with Crippen molar-refractivity contribution in [2.75, 3.05) is 31.6 Å². The van der Waals surface area contributed by atoms with E-state index in [-0.39, 0.29) is 0 Å². The molecule has 0 spiro atoms. The molecule has 1 aromatic heterocycles. The van der Waals surface area contributed by atoms with Gasteiger partial charge < -0.3 is 15.0 Å². The summed E-state index contributed by atoms with van der Waals surface area (Å²) in [6.07, 6.45) is 4.32. The highest BCUT2D eigenvalue weighted by Crippen LogP contribution is 2.22. The van der Waals surface area contributed by atoms with Crippen LogP contribution in [0.5, 0.6) is 5.88 Å². The van der Waals surface area contributed by atoms with Crippen LogP contribution >= 0.6 is 0 Å². The molecule has 0 bridgehead atoms. The highest BCUT2D eigenvalue weighted by atomic mass is 16.5. The highest BCUT2D eigenvalue weighted by molar-refractivity contribution is 5.49. The van der Waals surface area contributed by atoms with Crippen molar-refractivity contribution in [3.63, 3.8) is 0 Å². The van der Waals surface area contributed by atoms with E-state index in [2.05, 4.69) is 28.2 Å². The third kappa shape index (κ3) is 2.88. The maximum absolute atomic E-state index is 5.18.